The zero-order valence-corrected chi connectivity index (χ0v) is 17.7. The highest BCUT2D eigenvalue weighted by atomic mass is 35.5. The smallest absolute Gasteiger partial charge is 0.315 e. The lowest BCUT2D eigenvalue weighted by atomic mass is 10.3. The molecule has 0 fully saturated rings. The molecule has 0 radical (unpaired) electrons. The summed E-state index contributed by atoms with van der Waals surface area (Å²) in [6.07, 6.45) is 3.21. The summed E-state index contributed by atoms with van der Waals surface area (Å²) >= 11 is 7.31. The van der Waals surface area contributed by atoms with Crippen LogP contribution >= 0.6 is 22.9 Å². The van der Waals surface area contributed by atoms with Gasteiger partial charge in [-0.05, 0) is 25.2 Å². The number of nitrogens with zero attached hydrogens (tertiary/aromatic N) is 4. The van der Waals surface area contributed by atoms with E-state index in [0.29, 0.717) is 22.3 Å². The van der Waals surface area contributed by atoms with Gasteiger partial charge in [0.2, 0.25) is 0 Å². The molecule has 0 aliphatic heterocycles. The molecule has 3 rings (SSSR count). The van der Waals surface area contributed by atoms with Crippen LogP contribution in [0, 0.1) is 0 Å². The number of nitrogens with one attached hydrogen (secondary N) is 3. The van der Waals surface area contributed by atoms with Gasteiger partial charge in [-0.25, -0.2) is 0 Å². The van der Waals surface area contributed by atoms with Crippen molar-refractivity contribution in [1.29, 1.82) is 0 Å². The molecule has 3 N–H and O–H groups in total. The van der Waals surface area contributed by atoms with Gasteiger partial charge in [0.15, 0.2) is 5.82 Å². The lowest BCUT2D eigenvalue weighted by molar-refractivity contribution is -0.133. The first kappa shape index (κ1) is 21.0. The van der Waals surface area contributed by atoms with E-state index in [0.717, 1.165) is 24.5 Å². The Labute approximate surface area is 177 Å². The second-order valence-electron chi connectivity index (χ2n) is 6.20. The van der Waals surface area contributed by atoms with Gasteiger partial charge in [0, 0.05) is 18.8 Å². The van der Waals surface area contributed by atoms with Gasteiger partial charge in [0.25, 0.3) is 0 Å². The Balaban J connectivity index is 1.52. The van der Waals surface area contributed by atoms with Gasteiger partial charge in [0.05, 0.1) is 33.3 Å². The highest BCUT2D eigenvalue weighted by Gasteiger charge is 2.17. The normalized spacial score (nSPS) is 11.0. The zero-order chi connectivity index (χ0) is 20.8. The molecule has 0 saturated heterocycles. The lowest BCUT2D eigenvalue weighted by Gasteiger charge is -2.17. The third kappa shape index (κ3) is 5.66. The van der Waals surface area contributed by atoms with Crippen molar-refractivity contribution >= 4 is 46.3 Å². The molecular formula is C18H22ClN7O2S. The molecule has 29 heavy (non-hydrogen) atoms. The Bertz CT molecular complexity index is 976. The monoisotopic (exact) mass is 435 g/mol. The van der Waals surface area contributed by atoms with Crippen molar-refractivity contribution < 1.29 is 9.59 Å². The third-order valence-corrected chi connectivity index (χ3v) is 5.56. The van der Waals surface area contributed by atoms with Crippen LogP contribution in [0.3, 0.4) is 0 Å². The number of rotatable bonds is 8. The first-order valence-electron chi connectivity index (χ1n) is 9.16. The average Bonchev–Trinajstić information content (AvgIpc) is 3.44. The molecular weight excluding hydrogens is 414 g/mol. The first-order valence-corrected chi connectivity index (χ1v) is 10.4. The quantitative estimate of drug-likeness (QED) is 0.471. The number of likely N-dealkylation sites (N-methyl/N-ethyl adjacent to an activating group) is 1. The number of H-pyrrole nitrogens is 1. The van der Waals surface area contributed by atoms with E-state index in [2.05, 4.69) is 44.7 Å². The van der Waals surface area contributed by atoms with Gasteiger partial charge in [-0.15, -0.1) is 11.3 Å². The van der Waals surface area contributed by atoms with Crippen molar-refractivity contribution in [2.45, 2.75) is 20.4 Å². The van der Waals surface area contributed by atoms with Crippen molar-refractivity contribution in [2.75, 3.05) is 30.3 Å². The van der Waals surface area contributed by atoms with Crippen LogP contribution in [0.5, 0.6) is 0 Å². The molecule has 3 heterocycles. The largest absolute Gasteiger partial charge is 0.315 e. The highest BCUT2D eigenvalue weighted by Crippen LogP contribution is 2.30. The number of aromatic nitrogens is 4. The number of amides is 2. The Morgan fingerprint density at radius 2 is 2.00 bits per heavy atom. The van der Waals surface area contributed by atoms with Crippen LogP contribution in [0.15, 0.2) is 30.6 Å². The summed E-state index contributed by atoms with van der Waals surface area (Å²) in [6.45, 7) is 7.71. The average molecular weight is 436 g/mol. The number of hydrogen-bond donors (Lipinski definition) is 3. The van der Waals surface area contributed by atoms with Crippen LogP contribution in [-0.2, 0) is 16.1 Å². The fraction of sp³-hybridized carbons (Fsp3) is 0.333. The van der Waals surface area contributed by atoms with E-state index >= 15 is 0 Å². The molecule has 0 atom stereocenters. The van der Waals surface area contributed by atoms with E-state index in [1.165, 1.54) is 17.5 Å². The molecule has 0 spiro atoms. The molecule has 2 amide bonds. The number of carbonyl (C=O) groups excluding carboxylic acids is 2. The number of aromatic amines is 1. The summed E-state index contributed by atoms with van der Waals surface area (Å²) in [6, 6.07) is 5.26. The van der Waals surface area contributed by atoms with Crippen molar-refractivity contribution in [3.63, 3.8) is 0 Å². The maximum Gasteiger partial charge on any atom is 0.315 e. The summed E-state index contributed by atoms with van der Waals surface area (Å²) in [7, 11) is 0. The molecule has 11 heteroatoms. The number of carbonyl (C=O) groups is 2. The first-order chi connectivity index (χ1) is 14.0. The minimum Gasteiger partial charge on any atom is -0.315 e. The van der Waals surface area contributed by atoms with E-state index in [1.54, 1.807) is 23.0 Å². The van der Waals surface area contributed by atoms with Crippen molar-refractivity contribution in [3.8, 4) is 10.6 Å². The molecule has 0 unspecified atom stereocenters. The SMILES string of the molecule is CCN(CC)CCn1cc(NC(=O)C(=O)Nc2cc(-c3ccc(Cl)s3)[nH]n2)cn1. The van der Waals surface area contributed by atoms with Crippen LogP contribution in [0.4, 0.5) is 11.5 Å². The minimum absolute atomic E-state index is 0.250. The van der Waals surface area contributed by atoms with E-state index < -0.39 is 11.8 Å². The summed E-state index contributed by atoms with van der Waals surface area (Å²) in [5, 5.41) is 16.0. The van der Waals surface area contributed by atoms with Crippen molar-refractivity contribution in [3.05, 3.63) is 34.9 Å². The van der Waals surface area contributed by atoms with Crippen molar-refractivity contribution in [2.24, 2.45) is 0 Å². The maximum absolute atomic E-state index is 12.1. The maximum atomic E-state index is 12.1. The molecule has 154 valence electrons. The standard InChI is InChI=1S/C18H22ClN7O2S/c1-3-25(4-2)7-8-26-11-12(10-20-26)21-17(27)18(28)22-16-9-13(23-24-16)14-5-6-15(19)29-14/h5-6,9-11H,3-4,7-8H2,1-2H3,(H,21,27)(H2,22,23,24,28). The molecule has 0 aromatic carbocycles. The summed E-state index contributed by atoms with van der Waals surface area (Å²) in [5.74, 6) is -1.36. The second-order valence-corrected chi connectivity index (χ2v) is 7.91. The lowest BCUT2D eigenvalue weighted by Crippen LogP contribution is -2.29. The number of hydrogen-bond acceptors (Lipinski definition) is 6. The summed E-state index contributed by atoms with van der Waals surface area (Å²) < 4.78 is 2.38. The predicted octanol–water partition coefficient (Wildman–Crippen LogP) is 2.91. The topological polar surface area (TPSA) is 108 Å². The highest BCUT2D eigenvalue weighted by molar-refractivity contribution is 7.19. The number of thiophene rings is 1. The second kappa shape index (κ2) is 9.68. The molecule has 0 saturated carbocycles. The molecule has 3 aromatic rings. The van der Waals surface area contributed by atoms with Gasteiger partial charge in [-0.1, -0.05) is 25.4 Å². The van der Waals surface area contributed by atoms with E-state index in [1.807, 2.05) is 6.07 Å². The number of anilines is 2. The Morgan fingerprint density at radius 3 is 2.69 bits per heavy atom. The van der Waals surface area contributed by atoms with Gasteiger partial charge < -0.3 is 15.5 Å². The summed E-state index contributed by atoms with van der Waals surface area (Å²) in [4.78, 5) is 27.4. The van der Waals surface area contributed by atoms with Crippen LogP contribution in [0.25, 0.3) is 10.6 Å². The fourth-order valence-corrected chi connectivity index (χ4v) is 3.68. The van der Waals surface area contributed by atoms with Crippen molar-refractivity contribution in [1.82, 2.24) is 24.9 Å². The summed E-state index contributed by atoms with van der Waals surface area (Å²) in [5.41, 5.74) is 1.16. The Morgan fingerprint density at radius 1 is 1.24 bits per heavy atom. The van der Waals surface area contributed by atoms with E-state index in [9.17, 15) is 9.59 Å². The molecule has 9 nitrogen and oxygen atoms in total. The van der Waals surface area contributed by atoms with Crippen LogP contribution in [-0.4, -0.2) is 56.3 Å². The zero-order valence-electron chi connectivity index (χ0n) is 16.1. The number of halogens is 1. The van der Waals surface area contributed by atoms with E-state index in [4.69, 9.17) is 11.6 Å². The molecule has 0 aliphatic rings. The Kier molecular flexibility index (Phi) is 7.02. The third-order valence-electron chi connectivity index (χ3n) is 4.30. The van der Waals surface area contributed by atoms with Crippen LogP contribution in [0.2, 0.25) is 4.34 Å². The van der Waals surface area contributed by atoms with Gasteiger partial charge in [-0.3, -0.25) is 19.4 Å². The molecule has 0 aliphatic carbocycles. The molecule has 0 bridgehead atoms. The predicted molar refractivity (Wildman–Crippen MR) is 114 cm³/mol. The van der Waals surface area contributed by atoms with E-state index in [-0.39, 0.29) is 5.82 Å². The van der Waals surface area contributed by atoms with Crippen LogP contribution < -0.4 is 10.6 Å². The van der Waals surface area contributed by atoms with Crippen LogP contribution in [0.1, 0.15) is 13.8 Å². The molecule has 3 aromatic heterocycles. The minimum atomic E-state index is -0.817. The fourth-order valence-electron chi connectivity index (χ4n) is 2.67. The van der Waals surface area contributed by atoms with Gasteiger partial charge in [0.1, 0.15) is 0 Å². The van der Waals surface area contributed by atoms with Gasteiger partial charge >= 0.3 is 11.8 Å². The Hall–Kier alpha value is -2.69. The van der Waals surface area contributed by atoms with Gasteiger partial charge in [-0.2, -0.15) is 10.2 Å².